The van der Waals surface area contributed by atoms with E-state index in [0.29, 0.717) is 0 Å². The van der Waals surface area contributed by atoms with Crippen LogP contribution in [0.4, 0.5) is 0 Å². The lowest BCUT2D eigenvalue weighted by atomic mass is 10.2. The highest BCUT2D eigenvalue weighted by Gasteiger charge is 2.40. The Bertz CT molecular complexity index is 264. The Morgan fingerprint density at radius 1 is 0.393 bits per heavy atom. The van der Waals surface area contributed by atoms with E-state index in [1.807, 2.05) is 0 Å². The molecule has 0 fully saturated rings. The molecule has 28 heavy (non-hydrogen) atoms. The fourth-order valence-electron chi connectivity index (χ4n) is 3.38. The molecule has 0 aliphatic carbocycles. The third-order valence-corrected chi connectivity index (χ3v) is 8.19. The average molecular weight is 417 g/mol. The lowest BCUT2D eigenvalue weighted by Gasteiger charge is -2.30. The first-order valence-electron chi connectivity index (χ1n) is 12.7. The third-order valence-electron chi connectivity index (χ3n) is 5.30. The first kappa shape index (κ1) is 28.1. The molecule has 0 saturated heterocycles. The molecule has 170 valence electrons. The Morgan fingerprint density at radius 2 is 0.714 bits per heavy atom. The van der Waals surface area contributed by atoms with Crippen LogP contribution < -0.4 is 0 Å². The van der Waals surface area contributed by atoms with Gasteiger partial charge in [-0.15, -0.1) is 0 Å². The van der Waals surface area contributed by atoms with Crippen molar-refractivity contribution in [3.05, 3.63) is 0 Å². The fraction of sp³-hybridized carbons (Fsp3) is 1.00. The summed E-state index contributed by atoms with van der Waals surface area (Å²) in [5.41, 5.74) is 0. The molecule has 4 heteroatoms. The van der Waals surface area contributed by atoms with Gasteiger partial charge in [0.25, 0.3) is 0 Å². The fourth-order valence-corrected chi connectivity index (χ4v) is 6.11. The van der Waals surface area contributed by atoms with Crippen LogP contribution in [0.5, 0.6) is 0 Å². The Kier molecular flexibility index (Phi) is 21.9. The number of hydrogen-bond acceptors (Lipinski definition) is 3. The Balaban J connectivity index is 4.66. The average Bonchev–Trinajstić information content (AvgIpc) is 2.70. The molecule has 0 rings (SSSR count). The minimum atomic E-state index is -2.53. The second-order valence-corrected chi connectivity index (χ2v) is 11.0. The van der Waals surface area contributed by atoms with Crippen LogP contribution in [0.3, 0.4) is 0 Å². The highest BCUT2D eigenvalue weighted by Crippen LogP contribution is 2.22. The third kappa shape index (κ3) is 17.0. The van der Waals surface area contributed by atoms with Gasteiger partial charge in [0.1, 0.15) is 0 Å². The van der Waals surface area contributed by atoms with Gasteiger partial charge in [-0.25, -0.2) is 0 Å². The van der Waals surface area contributed by atoms with Gasteiger partial charge in [0.15, 0.2) is 0 Å². The molecular weight excluding hydrogens is 364 g/mol. The monoisotopic (exact) mass is 416 g/mol. The van der Waals surface area contributed by atoms with Gasteiger partial charge < -0.3 is 13.3 Å². The second kappa shape index (κ2) is 21.8. The molecule has 0 N–H and O–H groups in total. The van der Waals surface area contributed by atoms with Crippen molar-refractivity contribution in [2.75, 3.05) is 19.8 Å². The zero-order chi connectivity index (χ0) is 20.8. The van der Waals surface area contributed by atoms with E-state index in [2.05, 4.69) is 27.7 Å². The van der Waals surface area contributed by atoms with Crippen LogP contribution >= 0.6 is 0 Å². The molecule has 0 amide bonds. The zero-order valence-electron chi connectivity index (χ0n) is 19.9. The molecule has 0 saturated carbocycles. The summed E-state index contributed by atoms with van der Waals surface area (Å²) in [5.74, 6) is 0. The van der Waals surface area contributed by atoms with Gasteiger partial charge in [-0.2, -0.15) is 0 Å². The smallest absolute Gasteiger partial charge is 0.373 e. The van der Waals surface area contributed by atoms with E-state index in [-0.39, 0.29) is 0 Å². The summed E-state index contributed by atoms with van der Waals surface area (Å²) < 4.78 is 19.4. The molecule has 0 bridgehead atoms. The van der Waals surface area contributed by atoms with Gasteiger partial charge in [0.2, 0.25) is 0 Å². The molecule has 0 aromatic heterocycles. The van der Waals surface area contributed by atoms with Gasteiger partial charge in [-0.05, 0) is 25.7 Å². The summed E-state index contributed by atoms with van der Waals surface area (Å²) in [4.78, 5) is 0. The lowest BCUT2D eigenvalue weighted by molar-refractivity contribution is 0.0546. The first-order chi connectivity index (χ1) is 13.7. The van der Waals surface area contributed by atoms with E-state index in [1.54, 1.807) is 0 Å². The summed E-state index contributed by atoms with van der Waals surface area (Å²) in [6.07, 6.45) is 19.9. The summed E-state index contributed by atoms with van der Waals surface area (Å²) in [5, 5.41) is 0. The molecule has 0 radical (unpaired) electrons. The summed E-state index contributed by atoms with van der Waals surface area (Å²) in [6, 6.07) is 1.00. The molecule has 0 aliphatic rings. The standard InChI is InChI=1S/C24H52O3Si/c1-5-9-13-17-21-25-28(24-20-16-12-8-4,26-22-18-14-10-6-2)27-23-19-15-11-7-3/h5-24H2,1-4H3. The molecule has 0 aromatic rings. The topological polar surface area (TPSA) is 27.7 Å². The molecule has 0 aliphatic heterocycles. The summed E-state index contributed by atoms with van der Waals surface area (Å²) in [7, 11) is -2.53. The number of hydrogen-bond donors (Lipinski definition) is 0. The van der Waals surface area contributed by atoms with Crippen LogP contribution in [0.15, 0.2) is 0 Å². The van der Waals surface area contributed by atoms with Crippen LogP contribution in [-0.4, -0.2) is 28.6 Å². The maximum Gasteiger partial charge on any atom is 0.500 e. The Hall–Kier alpha value is 0.0969. The second-order valence-electron chi connectivity index (χ2n) is 8.22. The number of rotatable bonds is 23. The van der Waals surface area contributed by atoms with Crippen LogP contribution in [0.1, 0.15) is 130 Å². The van der Waals surface area contributed by atoms with Crippen LogP contribution in [-0.2, 0) is 13.3 Å². The van der Waals surface area contributed by atoms with Gasteiger partial charge in [-0.3, -0.25) is 0 Å². The largest absolute Gasteiger partial charge is 0.500 e. The SMILES string of the molecule is CCCCCCO[Si](CCCCCC)(OCCCCCC)OCCCCCC. The summed E-state index contributed by atoms with van der Waals surface area (Å²) in [6.45, 7) is 11.5. The summed E-state index contributed by atoms with van der Waals surface area (Å²) >= 11 is 0. The van der Waals surface area contributed by atoms with Gasteiger partial charge in [-0.1, -0.05) is 105 Å². The van der Waals surface area contributed by atoms with Crippen molar-refractivity contribution in [1.29, 1.82) is 0 Å². The maximum atomic E-state index is 6.46. The number of unbranched alkanes of at least 4 members (excludes halogenated alkanes) is 12. The van der Waals surface area contributed by atoms with Gasteiger partial charge >= 0.3 is 8.80 Å². The molecule has 0 aromatic carbocycles. The molecule has 0 heterocycles. The highest BCUT2D eigenvalue weighted by atomic mass is 28.4. The maximum absolute atomic E-state index is 6.46. The minimum Gasteiger partial charge on any atom is -0.373 e. The Morgan fingerprint density at radius 3 is 1.04 bits per heavy atom. The highest BCUT2D eigenvalue weighted by molar-refractivity contribution is 6.60. The quantitative estimate of drug-likeness (QED) is 0.124. The first-order valence-corrected chi connectivity index (χ1v) is 14.6. The van der Waals surface area contributed by atoms with Crippen molar-refractivity contribution >= 4 is 8.80 Å². The van der Waals surface area contributed by atoms with Crippen LogP contribution in [0, 0.1) is 0 Å². The van der Waals surface area contributed by atoms with Crippen molar-refractivity contribution in [2.45, 2.75) is 136 Å². The van der Waals surface area contributed by atoms with Crippen molar-refractivity contribution in [2.24, 2.45) is 0 Å². The van der Waals surface area contributed by atoms with Crippen molar-refractivity contribution in [1.82, 2.24) is 0 Å². The predicted molar refractivity (Wildman–Crippen MR) is 125 cm³/mol. The van der Waals surface area contributed by atoms with E-state index in [0.717, 1.165) is 45.1 Å². The van der Waals surface area contributed by atoms with Crippen molar-refractivity contribution in [3.8, 4) is 0 Å². The van der Waals surface area contributed by atoms with Crippen LogP contribution in [0.2, 0.25) is 6.04 Å². The van der Waals surface area contributed by atoms with E-state index >= 15 is 0 Å². The molecule has 0 atom stereocenters. The normalized spacial score (nSPS) is 12.0. The molecule has 0 spiro atoms. The van der Waals surface area contributed by atoms with Gasteiger partial charge in [0.05, 0.1) is 0 Å². The van der Waals surface area contributed by atoms with Gasteiger partial charge in [0, 0.05) is 25.9 Å². The molecular formula is C24H52O3Si. The van der Waals surface area contributed by atoms with E-state index in [4.69, 9.17) is 13.3 Å². The van der Waals surface area contributed by atoms with E-state index in [9.17, 15) is 0 Å². The van der Waals surface area contributed by atoms with E-state index in [1.165, 1.54) is 83.5 Å². The van der Waals surface area contributed by atoms with Crippen molar-refractivity contribution < 1.29 is 13.3 Å². The van der Waals surface area contributed by atoms with Crippen molar-refractivity contribution in [3.63, 3.8) is 0 Å². The minimum absolute atomic E-state index is 0.809. The lowest BCUT2D eigenvalue weighted by Crippen LogP contribution is -2.46. The zero-order valence-corrected chi connectivity index (χ0v) is 20.9. The molecule has 3 nitrogen and oxygen atoms in total. The Labute approximate surface area is 178 Å². The predicted octanol–water partition coefficient (Wildman–Crippen LogP) is 8.30. The van der Waals surface area contributed by atoms with Crippen LogP contribution in [0.25, 0.3) is 0 Å². The van der Waals surface area contributed by atoms with E-state index < -0.39 is 8.80 Å². The molecule has 0 unspecified atom stereocenters.